The average Bonchev–Trinajstić information content (AvgIpc) is 4.15. The third kappa shape index (κ3) is 12.7. The van der Waals surface area contributed by atoms with Gasteiger partial charge in [-0.15, -0.1) is 10.2 Å². The molecule has 0 bridgehead atoms. The van der Waals surface area contributed by atoms with Crippen molar-refractivity contribution in [3.8, 4) is 11.3 Å². The van der Waals surface area contributed by atoms with Crippen LogP contribution in [-0.4, -0.2) is 136 Å². The van der Waals surface area contributed by atoms with E-state index in [0.717, 1.165) is 74.2 Å². The predicted molar refractivity (Wildman–Crippen MR) is 265 cm³/mol. The average molecular weight is 978 g/mol. The van der Waals surface area contributed by atoms with Gasteiger partial charge in [-0.05, 0) is 75.2 Å². The molecule has 6 heterocycles. The Balaban J connectivity index is 0.696. The Morgan fingerprint density at radius 3 is 2.44 bits per heavy atom. The Kier molecular flexibility index (Phi) is 17.2. The van der Waals surface area contributed by atoms with Crippen molar-refractivity contribution in [1.29, 1.82) is 0 Å². The fraction of sp³-hybridized carbons (Fsp3) is 0.500. The lowest BCUT2D eigenvalue weighted by Gasteiger charge is -2.31. The lowest BCUT2D eigenvalue weighted by atomic mass is 9.96. The molecule has 2 fully saturated rings. The molecule has 3 atom stereocenters. The molecule has 0 spiro atoms. The maximum atomic E-state index is 13.0. The normalized spacial score (nSPS) is 17.6. The zero-order chi connectivity index (χ0) is 49.0. The number of ether oxygens (including phenoxy) is 1. The summed E-state index contributed by atoms with van der Waals surface area (Å²) in [5.41, 5.74) is 11.2. The van der Waals surface area contributed by atoms with E-state index in [4.69, 9.17) is 15.5 Å². The van der Waals surface area contributed by atoms with Gasteiger partial charge in [-0.25, -0.2) is 24.1 Å². The van der Waals surface area contributed by atoms with Crippen molar-refractivity contribution in [3.63, 3.8) is 0 Å². The number of carbonyl (C=O) groups excluding carboxylic acids is 2. The second-order valence-electron chi connectivity index (χ2n) is 17.9. The van der Waals surface area contributed by atoms with E-state index in [-0.39, 0.29) is 30.4 Å². The molecule has 2 aliphatic heterocycles. The predicted octanol–water partition coefficient (Wildman–Crippen LogP) is 2.59. The lowest BCUT2D eigenvalue weighted by Crippen LogP contribution is -2.43. The molecule has 2 aliphatic rings. The Bertz CT molecular complexity index is 2800. The second-order valence-corrected chi connectivity index (χ2v) is 19.0. The van der Waals surface area contributed by atoms with Gasteiger partial charge in [0.1, 0.15) is 18.0 Å². The molecule has 4 aromatic heterocycles. The zero-order valence-electron chi connectivity index (χ0n) is 39.8. The van der Waals surface area contributed by atoms with Gasteiger partial charge < -0.3 is 36.4 Å². The number of rotatable bonds is 23. The number of aliphatic hydroxyl groups excluding tert-OH is 1. The molecule has 0 radical (unpaired) electrons. The van der Waals surface area contributed by atoms with Crippen LogP contribution >= 0.6 is 11.8 Å². The summed E-state index contributed by atoms with van der Waals surface area (Å²) in [5.74, 6) is 1.68. The number of thioether (sulfide) groups is 1. The summed E-state index contributed by atoms with van der Waals surface area (Å²) in [6.07, 6.45) is 7.54. The van der Waals surface area contributed by atoms with Crippen LogP contribution in [0, 0.1) is 12.8 Å². The number of anilines is 1. The smallest absolute Gasteiger partial charge is 0.330 e. The Hall–Kier alpha value is -6.33. The molecular weight excluding hydrogens is 915 g/mol. The summed E-state index contributed by atoms with van der Waals surface area (Å²) < 4.78 is 10.8. The Labute approximate surface area is 409 Å². The third-order valence-corrected chi connectivity index (χ3v) is 13.9. The van der Waals surface area contributed by atoms with Crippen molar-refractivity contribution in [2.45, 2.75) is 95.3 Å². The largest absolute Gasteiger partial charge is 0.394 e. The molecule has 7 N–H and O–H groups in total. The van der Waals surface area contributed by atoms with E-state index >= 15 is 0 Å². The molecule has 2 saturated heterocycles. The zero-order valence-corrected chi connectivity index (χ0v) is 40.6. The minimum atomic E-state index is -0.686. The number of fused-ring (bicyclic) bond motifs is 1. The topological polar surface area (TPSA) is 271 Å². The van der Waals surface area contributed by atoms with Crippen molar-refractivity contribution in [2.75, 3.05) is 63.5 Å². The van der Waals surface area contributed by atoms with Crippen molar-refractivity contribution in [1.82, 2.24) is 65.0 Å². The summed E-state index contributed by atoms with van der Waals surface area (Å²) in [6.45, 7) is 8.60. The van der Waals surface area contributed by atoms with Crippen molar-refractivity contribution >= 4 is 40.6 Å². The molecule has 21 nitrogen and oxygen atoms in total. The fourth-order valence-corrected chi connectivity index (χ4v) is 9.50. The molecule has 2 aromatic carbocycles. The molecule has 2 amide bonds. The maximum absolute atomic E-state index is 13.0. The van der Waals surface area contributed by atoms with Gasteiger partial charge in [0.15, 0.2) is 22.1 Å². The molecule has 70 heavy (non-hydrogen) atoms. The first-order valence-electron chi connectivity index (χ1n) is 24.2. The van der Waals surface area contributed by atoms with Crippen molar-refractivity contribution in [2.24, 2.45) is 11.7 Å². The van der Waals surface area contributed by atoms with Crippen LogP contribution in [0.25, 0.3) is 22.4 Å². The third-order valence-electron chi connectivity index (χ3n) is 12.8. The van der Waals surface area contributed by atoms with Gasteiger partial charge >= 0.3 is 5.69 Å². The number of hydrogen-bond donors (Lipinski definition) is 6. The fourth-order valence-electron chi connectivity index (χ4n) is 8.81. The summed E-state index contributed by atoms with van der Waals surface area (Å²) in [7, 11) is 0. The highest BCUT2D eigenvalue weighted by Crippen LogP contribution is 2.36. The highest BCUT2D eigenvalue weighted by molar-refractivity contribution is 7.99. The Morgan fingerprint density at radius 2 is 1.69 bits per heavy atom. The number of nitrogens with one attached hydrogen (secondary N) is 4. The van der Waals surface area contributed by atoms with Gasteiger partial charge in [-0.1, -0.05) is 77.6 Å². The molecule has 372 valence electrons. The minimum Gasteiger partial charge on any atom is -0.394 e. The standard InChI is InChI=1S/C48H63N15O6S/c1-3-25-70-47-53-43(51-20-18-49)42-44(54-47)63(59-57-42)28-34-8-6-32(7-9-34)5-4-19-52-46(67)36-16-22-60(23-17-36)24-21-50-40(65)15-12-33-10-13-35(14-11-33)37-29-62(58-56-37)38-26-41(69-39(38)30-64)61-27-31(2)45(66)55-48(61)68/h6-11,13-14,27,29,36,38-39,41,64H,3-5,12,15-26,28,30,49H2,1-2H3,(H,50,65)(H,52,67)(H,51,53,54)(H,55,66,68)/t38-,39-,41-/m1/s1. The quantitative estimate of drug-likeness (QED) is 0.0306. The number of piperidine rings is 1. The number of carbonyl (C=O) groups is 2. The van der Waals surface area contributed by atoms with Crippen LogP contribution in [0.4, 0.5) is 5.82 Å². The number of hydrogen-bond acceptors (Lipinski definition) is 16. The highest BCUT2D eigenvalue weighted by Gasteiger charge is 2.38. The summed E-state index contributed by atoms with van der Waals surface area (Å²) >= 11 is 1.61. The van der Waals surface area contributed by atoms with E-state index in [1.165, 1.54) is 16.3 Å². The molecule has 6 aromatic rings. The van der Waals surface area contributed by atoms with E-state index < -0.39 is 23.6 Å². The van der Waals surface area contributed by atoms with Crippen LogP contribution in [0.5, 0.6) is 0 Å². The van der Waals surface area contributed by atoms with Crippen LogP contribution in [0.15, 0.2) is 75.7 Å². The van der Waals surface area contributed by atoms with Gasteiger partial charge in [0.2, 0.25) is 11.8 Å². The number of benzene rings is 2. The molecular formula is C48H63N15O6S. The van der Waals surface area contributed by atoms with E-state index in [1.54, 1.807) is 29.6 Å². The minimum absolute atomic E-state index is 0.00346. The lowest BCUT2D eigenvalue weighted by molar-refractivity contribution is -0.126. The van der Waals surface area contributed by atoms with Crippen LogP contribution in [0.3, 0.4) is 0 Å². The number of amides is 2. The second kappa shape index (κ2) is 24.0. The summed E-state index contributed by atoms with van der Waals surface area (Å²) in [6, 6.07) is 15.9. The number of nitrogens with zero attached hydrogens (tertiary/aromatic N) is 10. The first kappa shape index (κ1) is 50.1. The van der Waals surface area contributed by atoms with Crippen LogP contribution in [-0.2, 0) is 33.7 Å². The number of aryl methyl sites for hydroxylation is 3. The molecule has 0 aliphatic carbocycles. The van der Waals surface area contributed by atoms with E-state index in [1.807, 2.05) is 28.9 Å². The SMILES string of the molecule is CCCSc1nc(NCCN)c2nnn(Cc3ccc(CCCNC(=O)C4CCN(CCNC(=O)CCc5ccc(-c6cn([C@@H]7C[C@H](n8cc(C)c(=O)[nH]c8=O)O[C@@H]7CO)nn6)cc5)CC4)cc3)c2n1. The van der Waals surface area contributed by atoms with Crippen molar-refractivity contribution < 1.29 is 19.4 Å². The molecule has 0 saturated carbocycles. The van der Waals surface area contributed by atoms with Gasteiger partial charge in [0.05, 0.1) is 25.4 Å². The van der Waals surface area contributed by atoms with Gasteiger partial charge in [-0.2, -0.15) is 0 Å². The number of aromatic nitrogens is 10. The highest BCUT2D eigenvalue weighted by atomic mass is 32.2. The van der Waals surface area contributed by atoms with E-state index in [2.05, 4.69) is 82.6 Å². The first-order chi connectivity index (χ1) is 34.1. The summed E-state index contributed by atoms with van der Waals surface area (Å²) in [4.78, 5) is 64.1. The van der Waals surface area contributed by atoms with Gasteiger partial charge in [-0.3, -0.25) is 23.9 Å². The number of aliphatic hydroxyl groups is 1. The number of nitrogens with two attached hydrogens (primary N) is 1. The van der Waals surface area contributed by atoms with Gasteiger partial charge in [0.25, 0.3) is 5.56 Å². The van der Waals surface area contributed by atoms with E-state index in [9.17, 15) is 24.3 Å². The summed E-state index contributed by atoms with van der Waals surface area (Å²) in [5, 5.41) is 37.6. The molecule has 8 rings (SSSR count). The first-order valence-corrected chi connectivity index (χ1v) is 25.2. The van der Waals surface area contributed by atoms with Crippen LogP contribution < -0.4 is 32.9 Å². The van der Waals surface area contributed by atoms with Crippen LogP contribution in [0.1, 0.15) is 80.0 Å². The van der Waals surface area contributed by atoms with Crippen molar-refractivity contribution in [3.05, 3.63) is 104 Å². The molecule has 0 unspecified atom stereocenters. The van der Waals surface area contributed by atoms with Crippen LogP contribution in [0.2, 0.25) is 0 Å². The van der Waals surface area contributed by atoms with E-state index in [0.29, 0.717) is 85.4 Å². The Morgan fingerprint density at radius 1 is 0.929 bits per heavy atom. The van der Waals surface area contributed by atoms with Gasteiger partial charge in [0, 0.05) is 74.6 Å². The molecule has 22 heteroatoms. The number of likely N-dealkylation sites (tertiary alicyclic amines) is 1. The number of H-pyrrole nitrogens is 1. The maximum Gasteiger partial charge on any atom is 0.330 e. The monoisotopic (exact) mass is 977 g/mol. The number of aromatic amines is 1.